The van der Waals surface area contributed by atoms with Crippen molar-refractivity contribution in [1.29, 1.82) is 0 Å². The van der Waals surface area contributed by atoms with Gasteiger partial charge >= 0.3 is 5.97 Å². The molecule has 4 rings (SSSR count). The third kappa shape index (κ3) is 4.88. The van der Waals surface area contributed by atoms with Gasteiger partial charge in [-0.25, -0.2) is 9.78 Å². The number of esters is 1. The van der Waals surface area contributed by atoms with Gasteiger partial charge in [0.05, 0.1) is 26.3 Å². The van der Waals surface area contributed by atoms with Crippen LogP contribution in [0.5, 0.6) is 0 Å². The molecule has 1 N–H and O–H groups in total. The minimum Gasteiger partial charge on any atom is -0.452 e. The molecule has 0 fully saturated rings. The largest absolute Gasteiger partial charge is 0.452 e. The van der Waals surface area contributed by atoms with Gasteiger partial charge in [-0.05, 0) is 30.2 Å². The van der Waals surface area contributed by atoms with Crippen LogP contribution in [0.25, 0.3) is 21.1 Å². The van der Waals surface area contributed by atoms with Crippen molar-refractivity contribution in [3.63, 3.8) is 0 Å². The van der Waals surface area contributed by atoms with Gasteiger partial charge in [0.25, 0.3) is 5.91 Å². The fourth-order valence-electron chi connectivity index (χ4n) is 3.26. The zero-order chi connectivity index (χ0) is 21.8. The second-order valence-electron chi connectivity index (χ2n) is 7.52. The Morgan fingerprint density at radius 2 is 1.77 bits per heavy atom. The molecule has 0 aliphatic heterocycles. The third-order valence-electron chi connectivity index (χ3n) is 4.88. The van der Waals surface area contributed by atoms with E-state index in [0.717, 1.165) is 26.4 Å². The Morgan fingerprint density at radius 3 is 2.55 bits per heavy atom. The van der Waals surface area contributed by atoms with E-state index in [0.29, 0.717) is 23.9 Å². The Hall–Kier alpha value is -3.32. The van der Waals surface area contributed by atoms with Crippen LogP contribution in [0.2, 0.25) is 0 Å². The average Bonchev–Trinajstić information content (AvgIpc) is 3.19. The zero-order valence-electron chi connectivity index (χ0n) is 17.4. The van der Waals surface area contributed by atoms with Crippen LogP contribution < -0.4 is 5.32 Å². The van der Waals surface area contributed by atoms with Gasteiger partial charge in [-0.15, -0.1) is 11.3 Å². The summed E-state index contributed by atoms with van der Waals surface area (Å²) in [7, 11) is 0. The SMILES string of the molecule is CC(C)c1cc(C(=O)OCC(=O)NCCc2nc3ccccc3s2)c2ccccc2n1. The molecule has 158 valence electrons. The van der Waals surface area contributed by atoms with Crippen LogP contribution in [0.15, 0.2) is 54.6 Å². The average molecular weight is 434 g/mol. The first-order chi connectivity index (χ1) is 15.0. The molecule has 1 amide bonds. The number of hydrogen-bond acceptors (Lipinski definition) is 6. The zero-order valence-corrected chi connectivity index (χ0v) is 18.2. The minimum absolute atomic E-state index is 0.168. The van der Waals surface area contributed by atoms with Crippen molar-refractivity contribution in [2.45, 2.75) is 26.2 Å². The van der Waals surface area contributed by atoms with E-state index >= 15 is 0 Å². The molecule has 0 aliphatic carbocycles. The predicted molar refractivity (Wildman–Crippen MR) is 122 cm³/mol. The number of pyridine rings is 1. The summed E-state index contributed by atoms with van der Waals surface area (Å²) in [6.07, 6.45) is 0.631. The summed E-state index contributed by atoms with van der Waals surface area (Å²) in [5, 5.41) is 4.46. The van der Waals surface area contributed by atoms with E-state index in [1.807, 2.05) is 62.4 Å². The lowest BCUT2D eigenvalue weighted by atomic mass is 10.0. The molecule has 0 saturated carbocycles. The van der Waals surface area contributed by atoms with E-state index in [2.05, 4.69) is 15.3 Å². The Kier molecular flexibility index (Phi) is 6.23. The minimum atomic E-state index is -0.526. The summed E-state index contributed by atoms with van der Waals surface area (Å²) in [6.45, 7) is 4.15. The Balaban J connectivity index is 1.34. The van der Waals surface area contributed by atoms with Crippen molar-refractivity contribution >= 4 is 44.3 Å². The van der Waals surface area contributed by atoms with Gasteiger partial charge in [0.15, 0.2) is 6.61 Å². The summed E-state index contributed by atoms with van der Waals surface area (Å²) in [4.78, 5) is 34.0. The highest BCUT2D eigenvalue weighted by atomic mass is 32.1. The van der Waals surface area contributed by atoms with Crippen molar-refractivity contribution in [3.8, 4) is 0 Å². The van der Waals surface area contributed by atoms with Gasteiger partial charge in [-0.3, -0.25) is 9.78 Å². The second-order valence-corrected chi connectivity index (χ2v) is 8.63. The molecular formula is C24H23N3O3S. The Labute approximate surface area is 184 Å². The predicted octanol–water partition coefficient (Wildman–Crippen LogP) is 4.48. The quantitative estimate of drug-likeness (QED) is 0.435. The monoisotopic (exact) mass is 433 g/mol. The highest BCUT2D eigenvalue weighted by molar-refractivity contribution is 7.18. The van der Waals surface area contributed by atoms with Gasteiger partial charge in [0.1, 0.15) is 0 Å². The van der Waals surface area contributed by atoms with Crippen molar-refractivity contribution in [1.82, 2.24) is 15.3 Å². The van der Waals surface area contributed by atoms with Crippen LogP contribution in [0.4, 0.5) is 0 Å². The molecule has 4 aromatic rings. The van der Waals surface area contributed by atoms with Crippen LogP contribution in [-0.4, -0.2) is 35.0 Å². The van der Waals surface area contributed by atoms with E-state index in [1.165, 1.54) is 0 Å². The summed E-state index contributed by atoms with van der Waals surface area (Å²) in [5.74, 6) is -0.694. The number of carbonyl (C=O) groups is 2. The molecule has 0 unspecified atom stereocenters. The van der Waals surface area contributed by atoms with Gasteiger partial charge in [-0.1, -0.05) is 44.2 Å². The van der Waals surface area contributed by atoms with Gasteiger partial charge in [0.2, 0.25) is 0 Å². The number of hydrogen-bond donors (Lipinski definition) is 1. The number of benzene rings is 2. The lowest BCUT2D eigenvalue weighted by molar-refractivity contribution is -0.124. The molecule has 0 atom stereocenters. The third-order valence-corrected chi connectivity index (χ3v) is 5.98. The lowest BCUT2D eigenvalue weighted by Crippen LogP contribution is -2.30. The van der Waals surface area contributed by atoms with E-state index < -0.39 is 5.97 Å². The van der Waals surface area contributed by atoms with Crippen LogP contribution >= 0.6 is 11.3 Å². The number of para-hydroxylation sites is 2. The molecule has 0 spiro atoms. The number of amides is 1. The van der Waals surface area contributed by atoms with E-state index in [9.17, 15) is 9.59 Å². The van der Waals surface area contributed by atoms with Crippen molar-refractivity contribution in [3.05, 3.63) is 70.9 Å². The van der Waals surface area contributed by atoms with Gasteiger partial charge in [-0.2, -0.15) is 0 Å². The first-order valence-corrected chi connectivity index (χ1v) is 11.0. The maximum atomic E-state index is 12.7. The number of nitrogens with zero attached hydrogens (tertiary/aromatic N) is 2. The standard InChI is InChI=1S/C24H23N3O3S/c1-15(2)20-13-17(16-7-3-4-8-18(16)26-20)24(29)30-14-22(28)25-12-11-23-27-19-9-5-6-10-21(19)31-23/h3-10,13,15H,11-12,14H2,1-2H3,(H,25,28). The normalized spacial score (nSPS) is 11.2. The number of ether oxygens (including phenoxy) is 1. The van der Waals surface area contributed by atoms with E-state index in [1.54, 1.807) is 17.4 Å². The number of rotatable bonds is 7. The molecule has 7 heteroatoms. The second kappa shape index (κ2) is 9.22. The molecule has 0 radical (unpaired) electrons. The van der Waals surface area contributed by atoms with Crippen LogP contribution in [0.3, 0.4) is 0 Å². The van der Waals surface area contributed by atoms with Crippen LogP contribution in [0.1, 0.15) is 40.8 Å². The van der Waals surface area contributed by atoms with Crippen molar-refractivity contribution in [2.24, 2.45) is 0 Å². The van der Waals surface area contributed by atoms with Crippen LogP contribution in [-0.2, 0) is 16.0 Å². The van der Waals surface area contributed by atoms with E-state index in [4.69, 9.17) is 4.74 Å². The topological polar surface area (TPSA) is 81.2 Å². The summed E-state index contributed by atoms with van der Waals surface area (Å²) in [5.41, 5.74) is 2.94. The lowest BCUT2D eigenvalue weighted by Gasteiger charge is -2.11. The number of fused-ring (bicyclic) bond motifs is 2. The Morgan fingerprint density at radius 1 is 1.03 bits per heavy atom. The van der Waals surface area contributed by atoms with Crippen LogP contribution in [0, 0.1) is 0 Å². The molecule has 2 aromatic heterocycles. The molecule has 2 heterocycles. The molecule has 0 aliphatic rings. The fourth-order valence-corrected chi connectivity index (χ4v) is 4.22. The van der Waals surface area contributed by atoms with E-state index in [-0.39, 0.29) is 18.4 Å². The number of nitrogens with one attached hydrogen (secondary N) is 1. The number of carbonyl (C=O) groups excluding carboxylic acids is 2. The summed E-state index contributed by atoms with van der Waals surface area (Å²) in [6, 6.07) is 17.1. The van der Waals surface area contributed by atoms with Crippen molar-refractivity contribution < 1.29 is 14.3 Å². The summed E-state index contributed by atoms with van der Waals surface area (Å²) >= 11 is 1.62. The van der Waals surface area contributed by atoms with Gasteiger partial charge in [0, 0.05) is 24.0 Å². The molecule has 0 saturated heterocycles. The Bertz CT molecular complexity index is 1220. The molecule has 0 bridgehead atoms. The number of thiazole rings is 1. The smallest absolute Gasteiger partial charge is 0.339 e. The molecule has 6 nitrogen and oxygen atoms in total. The highest BCUT2D eigenvalue weighted by Crippen LogP contribution is 2.23. The molecule has 31 heavy (non-hydrogen) atoms. The maximum absolute atomic E-state index is 12.7. The van der Waals surface area contributed by atoms with Crippen molar-refractivity contribution in [2.75, 3.05) is 13.2 Å². The molecule has 2 aromatic carbocycles. The van der Waals surface area contributed by atoms with Gasteiger partial charge < -0.3 is 10.1 Å². The first-order valence-electron chi connectivity index (χ1n) is 10.2. The molecular weight excluding hydrogens is 410 g/mol. The first kappa shape index (κ1) is 20.9. The summed E-state index contributed by atoms with van der Waals surface area (Å²) < 4.78 is 6.42. The maximum Gasteiger partial charge on any atom is 0.339 e. The highest BCUT2D eigenvalue weighted by Gasteiger charge is 2.17. The number of aromatic nitrogens is 2. The fraction of sp³-hybridized carbons (Fsp3) is 0.250.